The Labute approximate surface area is 63.1 Å². The van der Waals surface area contributed by atoms with Crippen LogP contribution in [-0.2, 0) is 0 Å². The summed E-state index contributed by atoms with van der Waals surface area (Å²) >= 11 is 0. The van der Waals surface area contributed by atoms with Crippen molar-refractivity contribution in [3.63, 3.8) is 0 Å². The van der Waals surface area contributed by atoms with Gasteiger partial charge in [-0.05, 0) is 13.0 Å². The van der Waals surface area contributed by atoms with Crippen molar-refractivity contribution < 1.29 is 4.58 Å². The van der Waals surface area contributed by atoms with Crippen molar-refractivity contribution in [2.75, 3.05) is 0 Å². The third-order valence-electron chi connectivity index (χ3n) is 2.22. The van der Waals surface area contributed by atoms with Gasteiger partial charge < -0.3 is 0 Å². The topological polar surface area (TPSA) is 3.01 Å². The Morgan fingerprint density at radius 3 is 2.70 bits per heavy atom. The van der Waals surface area contributed by atoms with Crippen LogP contribution >= 0.6 is 0 Å². The van der Waals surface area contributed by atoms with Crippen LogP contribution in [0.2, 0.25) is 0 Å². The van der Waals surface area contributed by atoms with E-state index in [4.69, 9.17) is 0 Å². The van der Waals surface area contributed by atoms with E-state index in [0.717, 1.165) is 0 Å². The summed E-state index contributed by atoms with van der Waals surface area (Å²) in [4.78, 5) is 0. The molecule has 1 nitrogen and oxygen atoms in total. The molecule has 0 amide bonds. The smallest absolute Gasteiger partial charge is 0.169 e. The largest absolute Gasteiger partial charge is 0.228 e. The Kier molecular flexibility index (Phi) is 2.25. The molecule has 2 atom stereocenters. The fraction of sp³-hybridized carbons (Fsp3) is 0.667. The highest BCUT2D eigenvalue weighted by molar-refractivity contribution is 5.68. The summed E-state index contributed by atoms with van der Waals surface area (Å²) in [6.07, 6.45) is 7.77. The van der Waals surface area contributed by atoms with Crippen molar-refractivity contribution in [3.05, 3.63) is 12.2 Å². The Bertz CT molecular complexity index is 168. The van der Waals surface area contributed by atoms with Crippen LogP contribution in [0.4, 0.5) is 0 Å². The Morgan fingerprint density at radius 2 is 2.30 bits per heavy atom. The third-order valence-corrected chi connectivity index (χ3v) is 2.22. The van der Waals surface area contributed by atoms with Crippen molar-refractivity contribution in [1.29, 1.82) is 0 Å². The number of hydrogen-bond donors (Lipinski definition) is 0. The zero-order valence-electron chi connectivity index (χ0n) is 7.04. The summed E-state index contributed by atoms with van der Waals surface area (Å²) in [6.45, 7) is 6.72. The van der Waals surface area contributed by atoms with Gasteiger partial charge in [-0.3, -0.25) is 0 Å². The van der Waals surface area contributed by atoms with Crippen molar-refractivity contribution in [2.45, 2.75) is 39.3 Å². The summed E-state index contributed by atoms with van der Waals surface area (Å²) in [5.41, 5.74) is 0. The molecular formula is C9H16N+. The second-order valence-corrected chi connectivity index (χ2v) is 2.98. The lowest BCUT2D eigenvalue weighted by Gasteiger charge is -2.09. The average molecular weight is 138 g/mol. The molecule has 0 radical (unpaired) electrons. The van der Waals surface area contributed by atoms with Crippen LogP contribution in [0.1, 0.15) is 27.2 Å². The lowest BCUT2D eigenvalue weighted by atomic mass is 10.2. The molecular weight excluding hydrogens is 122 g/mol. The first kappa shape index (κ1) is 7.52. The Balaban J connectivity index is 2.58. The monoisotopic (exact) mass is 138 g/mol. The Hall–Kier alpha value is -0.590. The van der Waals surface area contributed by atoms with Crippen LogP contribution in [0.25, 0.3) is 0 Å². The van der Waals surface area contributed by atoms with Gasteiger partial charge in [0.2, 0.25) is 0 Å². The summed E-state index contributed by atoms with van der Waals surface area (Å²) in [5, 5.41) is 0. The fourth-order valence-corrected chi connectivity index (χ4v) is 1.30. The van der Waals surface area contributed by atoms with Crippen LogP contribution in [0.5, 0.6) is 0 Å². The molecule has 1 heterocycles. The second-order valence-electron chi connectivity index (χ2n) is 2.98. The maximum atomic E-state index is 2.39. The highest BCUT2D eigenvalue weighted by Gasteiger charge is 2.20. The standard InChI is InChI=1S/C9H16N/c1-4-8(2)10-7-5-6-9(10)3/h5-9H,4H2,1-3H3/q+1. The van der Waals surface area contributed by atoms with Crippen LogP contribution < -0.4 is 0 Å². The molecule has 0 saturated carbocycles. The van der Waals surface area contributed by atoms with Crippen LogP contribution in [0.3, 0.4) is 0 Å². The normalized spacial score (nSPS) is 26.7. The molecule has 0 aliphatic carbocycles. The SMILES string of the molecule is CCC(C)[N+]1=CC=CC1C. The van der Waals surface area contributed by atoms with E-state index in [1.807, 2.05) is 0 Å². The fourth-order valence-electron chi connectivity index (χ4n) is 1.30. The van der Waals surface area contributed by atoms with Gasteiger partial charge in [-0.15, -0.1) is 0 Å². The average Bonchev–Trinajstić information content (AvgIpc) is 2.34. The number of rotatable bonds is 2. The van der Waals surface area contributed by atoms with E-state index < -0.39 is 0 Å². The minimum absolute atomic E-state index is 0.606. The van der Waals surface area contributed by atoms with Gasteiger partial charge in [-0.25, -0.2) is 4.58 Å². The van der Waals surface area contributed by atoms with Crippen molar-refractivity contribution in [2.24, 2.45) is 0 Å². The summed E-state index contributed by atoms with van der Waals surface area (Å²) < 4.78 is 2.39. The minimum atomic E-state index is 0.606. The minimum Gasteiger partial charge on any atom is -0.228 e. The first-order valence-corrected chi connectivity index (χ1v) is 4.04. The first-order valence-electron chi connectivity index (χ1n) is 4.04. The molecule has 0 aromatic rings. The number of nitrogens with zero attached hydrogens (tertiary/aromatic N) is 1. The van der Waals surface area contributed by atoms with E-state index >= 15 is 0 Å². The molecule has 1 rings (SSSR count). The van der Waals surface area contributed by atoms with Gasteiger partial charge in [0.05, 0.1) is 0 Å². The van der Waals surface area contributed by atoms with Gasteiger partial charge in [0.1, 0.15) is 6.04 Å². The van der Waals surface area contributed by atoms with E-state index in [1.54, 1.807) is 0 Å². The first-order chi connectivity index (χ1) is 4.75. The Morgan fingerprint density at radius 1 is 1.60 bits per heavy atom. The van der Waals surface area contributed by atoms with Crippen molar-refractivity contribution >= 4 is 6.21 Å². The summed E-state index contributed by atoms with van der Waals surface area (Å²) in [6, 6.07) is 1.29. The van der Waals surface area contributed by atoms with E-state index in [1.165, 1.54) is 6.42 Å². The van der Waals surface area contributed by atoms with Gasteiger partial charge in [-0.2, -0.15) is 0 Å². The van der Waals surface area contributed by atoms with Gasteiger partial charge >= 0.3 is 0 Å². The number of hydrogen-bond acceptors (Lipinski definition) is 0. The van der Waals surface area contributed by atoms with E-state index in [-0.39, 0.29) is 0 Å². The number of allylic oxidation sites excluding steroid dienone is 1. The predicted octanol–water partition coefficient (Wildman–Crippen LogP) is 1.83. The van der Waals surface area contributed by atoms with Crippen LogP contribution in [-0.4, -0.2) is 22.9 Å². The lowest BCUT2D eigenvalue weighted by Crippen LogP contribution is -2.27. The molecule has 0 N–H and O–H groups in total. The molecule has 0 aromatic carbocycles. The van der Waals surface area contributed by atoms with E-state index in [0.29, 0.717) is 12.1 Å². The van der Waals surface area contributed by atoms with Gasteiger partial charge in [-0.1, -0.05) is 6.92 Å². The molecule has 2 unspecified atom stereocenters. The predicted molar refractivity (Wildman–Crippen MR) is 44.7 cm³/mol. The van der Waals surface area contributed by atoms with Crippen molar-refractivity contribution in [1.82, 2.24) is 0 Å². The molecule has 0 saturated heterocycles. The highest BCUT2D eigenvalue weighted by Crippen LogP contribution is 2.06. The molecule has 1 heteroatoms. The van der Waals surface area contributed by atoms with Gasteiger partial charge in [0.15, 0.2) is 12.3 Å². The molecule has 0 fully saturated rings. The second kappa shape index (κ2) is 3.00. The van der Waals surface area contributed by atoms with Gasteiger partial charge in [0, 0.05) is 19.4 Å². The third kappa shape index (κ3) is 1.28. The molecule has 10 heavy (non-hydrogen) atoms. The van der Waals surface area contributed by atoms with E-state index in [9.17, 15) is 0 Å². The van der Waals surface area contributed by atoms with Gasteiger partial charge in [0.25, 0.3) is 0 Å². The molecule has 1 aliphatic rings. The zero-order valence-corrected chi connectivity index (χ0v) is 7.04. The molecule has 1 aliphatic heterocycles. The maximum absolute atomic E-state index is 2.39. The quantitative estimate of drug-likeness (QED) is 0.512. The molecule has 0 aromatic heterocycles. The molecule has 0 spiro atoms. The highest BCUT2D eigenvalue weighted by atomic mass is 15.1. The molecule has 0 bridgehead atoms. The van der Waals surface area contributed by atoms with Crippen LogP contribution in [0.15, 0.2) is 12.2 Å². The summed E-state index contributed by atoms with van der Waals surface area (Å²) in [5.74, 6) is 0. The lowest BCUT2D eigenvalue weighted by molar-refractivity contribution is -0.576. The zero-order chi connectivity index (χ0) is 7.56. The van der Waals surface area contributed by atoms with Crippen molar-refractivity contribution in [3.8, 4) is 0 Å². The molecule has 56 valence electrons. The van der Waals surface area contributed by atoms with E-state index in [2.05, 4.69) is 43.7 Å². The maximum Gasteiger partial charge on any atom is 0.169 e. The summed E-state index contributed by atoms with van der Waals surface area (Å²) in [7, 11) is 0. The van der Waals surface area contributed by atoms with Crippen LogP contribution in [0, 0.1) is 0 Å².